The van der Waals surface area contributed by atoms with Gasteiger partial charge in [-0.25, -0.2) is 0 Å². The molecule has 0 heterocycles. The molecule has 0 saturated carbocycles. The van der Waals surface area contributed by atoms with E-state index in [9.17, 15) is 4.79 Å². The maximum atomic E-state index is 9.93. The van der Waals surface area contributed by atoms with E-state index >= 15 is 0 Å². The SMILES string of the molecule is CCCN(CC)C/C=C/C=O.C[NH-].[K+]. The predicted octanol–water partition coefficient (Wildman–Crippen LogP) is -0.854. The summed E-state index contributed by atoms with van der Waals surface area (Å²) < 4.78 is 0. The normalized spacial score (nSPS) is 9.21. The standard InChI is InChI=1S/C9H17NO.CH4N.K/c1-3-7-10(4-2)8-5-6-9-11;1-2;/h5-6,9H,3-4,7-8H2,1-2H3;2H,1H3;/q;-1;+1/b6-5+;;. The molecule has 0 unspecified atom stereocenters. The number of likely N-dealkylation sites (N-methyl/N-ethyl adjacent to an activating group) is 1. The zero-order chi connectivity index (χ0) is 10.5. The first kappa shape index (κ1) is 20.4. The van der Waals surface area contributed by atoms with Gasteiger partial charge in [-0.3, -0.25) is 9.69 Å². The molecule has 0 aromatic heterocycles. The Morgan fingerprint density at radius 1 is 1.29 bits per heavy atom. The van der Waals surface area contributed by atoms with Crippen molar-refractivity contribution in [2.45, 2.75) is 20.3 Å². The van der Waals surface area contributed by atoms with Crippen LogP contribution >= 0.6 is 0 Å². The molecular formula is C10H21KN2O. The van der Waals surface area contributed by atoms with Crippen molar-refractivity contribution in [2.75, 3.05) is 26.7 Å². The number of allylic oxidation sites excluding steroid dienone is 1. The van der Waals surface area contributed by atoms with E-state index in [1.807, 2.05) is 6.08 Å². The zero-order valence-corrected chi connectivity index (χ0v) is 13.0. The quantitative estimate of drug-likeness (QED) is 0.335. The van der Waals surface area contributed by atoms with Gasteiger partial charge in [0.2, 0.25) is 0 Å². The first-order valence-electron chi connectivity index (χ1n) is 4.67. The second kappa shape index (κ2) is 19.5. The summed E-state index contributed by atoms with van der Waals surface area (Å²) in [7, 11) is 1.25. The van der Waals surface area contributed by atoms with Crippen LogP contribution in [-0.2, 0) is 4.79 Å². The Balaban J connectivity index is -0.000000376. The number of aldehydes is 1. The van der Waals surface area contributed by atoms with Crippen LogP contribution in [0.15, 0.2) is 12.2 Å². The Labute approximate surface area is 131 Å². The van der Waals surface area contributed by atoms with Gasteiger partial charge < -0.3 is 5.73 Å². The molecule has 1 N–H and O–H groups in total. The molecule has 0 aliphatic heterocycles. The number of rotatable bonds is 6. The van der Waals surface area contributed by atoms with Crippen LogP contribution in [-0.4, -0.2) is 37.9 Å². The summed E-state index contributed by atoms with van der Waals surface area (Å²) >= 11 is 0. The third kappa shape index (κ3) is 15.4. The van der Waals surface area contributed by atoms with E-state index in [-0.39, 0.29) is 51.4 Å². The van der Waals surface area contributed by atoms with Gasteiger partial charge in [0.05, 0.1) is 0 Å². The third-order valence-electron chi connectivity index (χ3n) is 1.57. The van der Waals surface area contributed by atoms with Gasteiger partial charge in [0, 0.05) is 6.54 Å². The van der Waals surface area contributed by atoms with Crippen LogP contribution in [0, 0.1) is 0 Å². The van der Waals surface area contributed by atoms with Crippen LogP contribution < -0.4 is 51.4 Å². The molecule has 0 aromatic rings. The van der Waals surface area contributed by atoms with Gasteiger partial charge in [0.25, 0.3) is 0 Å². The molecule has 0 aliphatic carbocycles. The average Bonchev–Trinajstić information content (AvgIpc) is 2.20. The summed E-state index contributed by atoms with van der Waals surface area (Å²) in [5.41, 5.74) is 5.75. The molecule has 14 heavy (non-hydrogen) atoms. The van der Waals surface area contributed by atoms with Gasteiger partial charge in [-0.2, -0.15) is 7.05 Å². The number of hydrogen-bond acceptors (Lipinski definition) is 2. The maximum absolute atomic E-state index is 9.93. The Bertz CT molecular complexity index is 129. The minimum Gasteiger partial charge on any atom is -0.680 e. The molecule has 0 fully saturated rings. The van der Waals surface area contributed by atoms with Crippen molar-refractivity contribution in [3.8, 4) is 0 Å². The molecule has 0 atom stereocenters. The third-order valence-corrected chi connectivity index (χ3v) is 1.57. The fraction of sp³-hybridized carbons (Fsp3) is 0.700. The molecule has 0 radical (unpaired) electrons. The van der Waals surface area contributed by atoms with Crippen LogP contribution in [0.2, 0.25) is 0 Å². The van der Waals surface area contributed by atoms with Gasteiger partial charge >= 0.3 is 51.4 Å². The maximum Gasteiger partial charge on any atom is 1.00 e. The Morgan fingerprint density at radius 2 is 1.86 bits per heavy atom. The smallest absolute Gasteiger partial charge is 0.680 e. The number of carbonyl (C=O) groups is 1. The van der Waals surface area contributed by atoms with Crippen LogP contribution in [0.4, 0.5) is 0 Å². The van der Waals surface area contributed by atoms with Crippen molar-refractivity contribution in [2.24, 2.45) is 0 Å². The fourth-order valence-corrected chi connectivity index (χ4v) is 0.960. The van der Waals surface area contributed by atoms with Gasteiger partial charge in [-0.05, 0) is 25.6 Å². The van der Waals surface area contributed by atoms with Crippen molar-refractivity contribution in [1.29, 1.82) is 0 Å². The molecule has 0 bridgehead atoms. The van der Waals surface area contributed by atoms with Crippen LogP contribution in [0.3, 0.4) is 0 Å². The molecule has 0 amide bonds. The van der Waals surface area contributed by atoms with E-state index in [2.05, 4.69) is 18.7 Å². The van der Waals surface area contributed by atoms with Crippen molar-refractivity contribution in [3.05, 3.63) is 17.9 Å². The molecule has 0 rings (SSSR count). The molecule has 0 saturated heterocycles. The minimum absolute atomic E-state index is 0. The van der Waals surface area contributed by atoms with E-state index in [1.165, 1.54) is 13.5 Å². The summed E-state index contributed by atoms with van der Waals surface area (Å²) in [5, 5.41) is 0. The Hall–Kier alpha value is 0.966. The minimum atomic E-state index is 0. The van der Waals surface area contributed by atoms with Crippen molar-refractivity contribution in [1.82, 2.24) is 4.90 Å². The zero-order valence-electron chi connectivity index (χ0n) is 9.92. The predicted molar refractivity (Wildman–Crippen MR) is 57.9 cm³/mol. The monoisotopic (exact) mass is 224 g/mol. The molecule has 0 aromatic carbocycles. The van der Waals surface area contributed by atoms with Gasteiger partial charge in [0.1, 0.15) is 6.29 Å². The summed E-state index contributed by atoms with van der Waals surface area (Å²) in [5.74, 6) is 0. The molecule has 0 aliphatic rings. The van der Waals surface area contributed by atoms with E-state index < -0.39 is 0 Å². The molecular weight excluding hydrogens is 203 g/mol. The van der Waals surface area contributed by atoms with Crippen molar-refractivity contribution >= 4 is 6.29 Å². The van der Waals surface area contributed by atoms with E-state index in [1.54, 1.807) is 6.08 Å². The topological polar surface area (TPSA) is 44.1 Å². The summed E-state index contributed by atoms with van der Waals surface area (Å²) in [6, 6.07) is 0. The first-order chi connectivity index (χ1) is 6.35. The number of nitrogens with one attached hydrogen (secondary N) is 1. The number of carbonyl (C=O) groups excluding carboxylic acids is 1. The average molecular weight is 224 g/mol. The molecule has 78 valence electrons. The van der Waals surface area contributed by atoms with Crippen LogP contribution in [0.5, 0.6) is 0 Å². The number of hydrogen-bond donors (Lipinski definition) is 0. The molecule has 0 spiro atoms. The fourth-order valence-electron chi connectivity index (χ4n) is 0.960. The first-order valence-corrected chi connectivity index (χ1v) is 4.67. The van der Waals surface area contributed by atoms with Crippen LogP contribution in [0.25, 0.3) is 5.73 Å². The van der Waals surface area contributed by atoms with Gasteiger partial charge in [-0.15, -0.1) is 0 Å². The van der Waals surface area contributed by atoms with Crippen molar-refractivity contribution in [3.63, 3.8) is 0 Å². The van der Waals surface area contributed by atoms with E-state index in [0.29, 0.717) is 0 Å². The van der Waals surface area contributed by atoms with E-state index in [4.69, 9.17) is 5.73 Å². The van der Waals surface area contributed by atoms with E-state index in [0.717, 1.165) is 25.9 Å². The Morgan fingerprint density at radius 3 is 2.21 bits per heavy atom. The summed E-state index contributed by atoms with van der Waals surface area (Å²) in [6.07, 6.45) is 5.44. The second-order valence-electron chi connectivity index (χ2n) is 2.46. The number of nitrogens with zero attached hydrogens (tertiary/aromatic N) is 1. The Kier molecular flexibility index (Phi) is 28.4. The second-order valence-corrected chi connectivity index (χ2v) is 2.46. The molecule has 3 nitrogen and oxygen atoms in total. The van der Waals surface area contributed by atoms with Gasteiger partial charge in [-0.1, -0.05) is 19.9 Å². The summed E-state index contributed by atoms with van der Waals surface area (Å²) in [4.78, 5) is 12.2. The van der Waals surface area contributed by atoms with Crippen molar-refractivity contribution < 1.29 is 56.2 Å². The largest absolute Gasteiger partial charge is 1.00 e. The summed E-state index contributed by atoms with van der Waals surface area (Å²) in [6.45, 7) is 7.34. The molecule has 4 heteroatoms. The van der Waals surface area contributed by atoms with Gasteiger partial charge in [0.15, 0.2) is 0 Å². The van der Waals surface area contributed by atoms with Crippen LogP contribution in [0.1, 0.15) is 20.3 Å².